The molecule has 1 aliphatic rings. The van der Waals surface area contributed by atoms with Crippen LogP contribution in [0.15, 0.2) is 42.5 Å². The molecule has 1 aliphatic carbocycles. The summed E-state index contributed by atoms with van der Waals surface area (Å²) >= 11 is 0. The summed E-state index contributed by atoms with van der Waals surface area (Å²) in [5, 5.41) is 0. The van der Waals surface area contributed by atoms with Gasteiger partial charge in [0.05, 0.1) is 6.61 Å². The number of carbonyl (C=O) groups excluding carboxylic acids is 3. The number of hydrogen-bond donors (Lipinski definition) is 0. The quantitative estimate of drug-likeness (QED) is 0.464. The van der Waals surface area contributed by atoms with E-state index in [0.717, 1.165) is 31.2 Å². The van der Waals surface area contributed by atoms with E-state index in [9.17, 15) is 14.4 Å². The maximum absolute atomic E-state index is 13.0. The summed E-state index contributed by atoms with van der Waals surface area (Å²) in [5.41, 5.74) is 2.97. The minimum absolute atomic E-state index is 0.0723. The molecule has 0 aromatic heterocycles. The Labute approximate surface area is 178 Å². The number of fused-ring (bicyclic) bond motifs is 2. The topological polar surface area (TPSA) is 60.4 Å². The van der Waals surface area contributed by atoms with Gasteiger partial charge in [-0.1, -0.05) is 63.9 Å². The summed E-state index contributed by atoms with van der Waals surface area (Å²) < 4.78 is 5.03. The van der Waals surface area contributed by atoms with Crippen molar-refractivity contribution in [1.82, 2.24) is 0 Å². The molecule has 0 N–H and O–H groups in total. The highest BCUT2D eigenvalue weighted by Gasteiger charge is 2.31. The third-order valence-corrected chi connectivity index (χ3v) is 6.12. The molecule has 1 atom stereocenters. The molecule has 2 aromatic carbocycles. The Morgan fingerprint density at radius 3 is 2.17 bits per heavy atom. The van der Waals surface area contributed by atoms with Gasteiger partial charge in [-0.2, -0.15) is 0 Å². The number of carbonyl (C=O) groups is 3. The highest BCUT2D eigenvalue weighted by atomic mass is 16.5. The molecule has 0 fully saturated rings. The molecule has 0 aliphatic heterocycles. The van der Waals surface area contributed by atoms with Crippen LogP contribution in [0.5, 0.6) is 0 Å². The van der Waals surface area contributed by atoms with E-state index in [4.69, 9.17) is 4.74 Å². The van der Waals surface area contributed by atoms with Crippen LogP contribution in [0.1, 0.15) is 90.8 Å². The highest BCUT2D eigenvalue weighted by molar-refractivity contribution is 6.28. The largest absolute Gasteiger partial charge is 0.466 e. The van der Waals surface area contributed by atoms with Gasteiger partial charge in [-0.15, -0.1) is 0 Å². The Hall–Kier alpha value is -2.75. The fourth-order valence-corrected chi connectivity index (χ4v) is 4.11. The molecular weight excluding hydrogens is 376 g/mol. The molecule has 0 saturated heterocycles. The van der Waals surface area contributed by atoms with Gasteiger partial charge in [-0.05, 0) is 41.9 Å². The number of hydrogen-bond acceptors (Lipinski definition) is 4. The third-order valence-electron chi connectivity index (χ3n) is 6.12. The lowest BCUT2D eigenvalue weighted by molar-refractivity contribution is -0.141. The maximum Gasteiger partial charge on any atom is 0.302 e. The summed E-state index contributed by atoms with van der Waals surface area (Å²) in [4.78, 5) is 36.7. The number of ether oxygens (including phenoxy) is 1. The van der Waals surface area contributed by atoms with Crippen molar-refractivity contribution in [3.63, 3.8) is 0 Å². The minimum Gasteiger partial charge on any atom is -0.466 e. The molecule has 0 bridgehead atoms. The molecular formula is C26H30O4. The second kappa shape index (κ2) is 8.95. The molecule has 3 rings (SSSR count). The lowest BCUT2D eigenvalue weighted by atomic mass is 9.76. The molecule has 0 amide bonds. The van der Waals surface area contributed by atoms with Gasteiger partial charge >= 0.3 is 5.97 Å². The molecule has 30 heavy (non-hydrogen) atoms. The van der Waals surface area contributed by atoms with Gasteiger partial charge in [0.25, 0.3) is 0 Å². The standard InChI is InChI=1S/C26H30O4/c1-17(13-15-30-18(2)27)8-7-14-26(3,4)19-11-12-22-23(16-19)25(29)21-10-6-5-9-20(21)24(22)28/h5-6,9-12,16-17H,7-8,13-15H2,1-4H3. The average molecular weight is 407 g/mol. The van der Waals surface area contributed by atoms with Gasteiger partial charge in [0.2, 0.25) is 0 Å². The fraction of sp³-hybridized carbons (Fsp3) is 0.423. The van der Waals surface area contributed by atoms with E-state index in [0.29, 0.717) is 34.8 Å². The first-order valence-electron chi connectivity index (χ1n) is 10.7. The molecule has 0 radical (unpaired) electrons. The van der Waals surface area contributed by atoms with Gasteiger partial charge in [0.1, 0.15) is 0 Å². The van der Waals surface area contributed by atoms with Crippen LogP contribution in [0.2, 0.25) is 0 Å². The summed E-state index contributed by atoms with van der Waals surface area (Å²) in [6.45, 7) is 8.45. The van der Waals surface area contributed by atoms with Crippen molar-refractivity contribution in [2.45, 2.75) is 58.8 Å². The predicted molar refractivity (Wildman–Crippen MR) is 117 cm³/mol. The summed E-state index contributed by atoms with van der Waals surface area (Å²) in [6.07, 6.45) is 3.94. The van der Waals surface area contributed by atoms with E-state index in [1.165, 1.54) is 6.92 Å². The number of rotatable bonds is 8. The molecule has 4 nitrogen and oxygen atoms in total. The normalized spacial score (nSPS) is 14.1. The zero-order valence-electron chi connectivity index (χ0n) is 18.3. The van der Waals surface area contributed by atoms with Gasteiger partial charge in [-0.25, -0.2) is 0 Å². The molecule has 0 spiro atoms. The average Bonchev–Trinajstić information content (AvgIpc) is 2.71. The Balaban J connectivity index is 1.68. The van der Waals surface area contributed by atoms with Crippen LogP contribution >= 0.6 is 0 Å². The van der Waals surface area contributed by atoms with Crippen LogP contribution in [0.3, 0.4) is 0 Å². The summed E-state index contributed by atoms with van der Waals surface area (Å²) in [6, 6.07) is 12.7. The van der Waals surface area contributed by atoms with E-state index in [1.807, 2.05) is 18.2 Å². The number of benzene rings is 2. The smallest absolute Gasteiger partial charge is 0.302 e. The SMILES string of the molecule is CC(=O)OCCC(C)CCCC(C)(C)c1ccc2c(c1)C(=O)c1ccccc1C2=O. The third kappa shape index (κ3) is 4.69. The van der Waals surface area contributed by atoms with E-state index < -0.39 is 0 Å². The molecule has 2 aromatic rings. The molecule has 1 unspecified atom stereocenters. The van der Waals surface area contributed by atoms with Crippen LogP contribution in [-0.2, 0) is 14.9 Å². The zero-order chi connectivity index (χ0) is 21.9. The zero-order valence-corrected chi connectivity index (χ0v) is 18.3. The minimum atomic E-state index is -0.230. The summed E-state index contributed by atoms with van der Waals surface area (Å²) in [5.74, 6) is 0.105. The van der Waals surface area contributed by atoms with Crippen molar-refractivity contribution < 1.29 is 19.1 Å². The molecule has 0 saturated carbocycles. The van der Waals surface area contributed by atoms with Crippen LogP contribution < -0.4 is 0 Å². The predicted octanol–water partition coefficient (Wildman–Crippen LogP) is 5.50. The lowest BCUT2D eigenvalue weighted by Gasteiger charge is -2.28. The lowest BCUT2D eigenvalue weighted by Crippen LogP contribution is -2.23. The van der Waals surface area contributed by atoms with Crippen molar-refractivity contribution >= 4 is 17.5 Å². The Bertz CT molecular complexity index is 971. The van der Waals surface area contributed by atoms with E-state index >= 15 is 0 Å². The summed E-state index contributed by atoms with van der Waals surface area (Å²) in [7, 11) is 0. The van der Waals surface area contributed by atoms with Crippen molar-refractivity contribution in [2.24, 2.45) is 5.92 Å². The first-order valence-corrected chi connectivity index (χ1v) is 10.7. The van der Waals surface area contributed by atoms with E-state index in [2.05, 4.69) is 20.8 Å². The first-order chi connectivity index (χ1) is 14.2. The van der Waals surface area contributed by atoms with Crippen LogP contribution in [0.25, 0.3) is 0 Å². The number of ketones is 2. The van der Waals surface area contributed by atoms with Crippen molar-refractivity contribution in [2.75, 3.05) is 6.61 Å². The molecule has 4 heteroatoms. The van der Waals surface area contributed by atoms with Crippen molar-refractivity contribution in [3.05, 3.63) is 70.3 Å². The van der Waals surface area contributed by atoms with E-state index in [-0.39, 0.29) is 23.0 Å². The van der Waals surface area contributed by atoms with Crippen molar-refractivity contribution in [1.29, 1.82) is 0 Å². The molecule has 0 heterocycles. The maximum atomic E-state index is 13.0. The second-order valence-electron chi connectivity index (χ2n) is 8.97. The monoisotopic (exact) mass is 406 g/mol. The van der Waals surface area contributed by atoms with Gasteiger partial charge in [-0.3, -0.25) is 14.4 Å². The van der Waals surface area contributed by atoms with Crippen molar-refractivity contribution in [3.8, 4) is 0 Å². The Kier molecular flexibility index (Phi) is 6.55. The number of esters is 1. The first kappa shape index (κ1) is 21.9. The Morgan fingerprint density at radius 1 is 0.933 bits per heavy atom. The van der Waals surface area contributed by atoms with Gasteiger partial charge in [0, 0.05) is 29.2 Å². The van der Waals surface area contributed by atoms with Crippen LogP contribution in [-0.4, -0.2) is 24.1 Å². The molecule has 158 valence electrons. The van der Waals surface area contributed by atoms with Gasteiger partial charge < -0.3 is 4.74 Å². The highest BCUT2D eigenvalue weighted by Crippen LogP contribution is 2.34. The van der Waals surface area contributed by atoms with Gasteiger partial charge in [0.15, 0.2) is 11.6 Å². The second-order valence-corrected chi connectivity index (χ2v) is 8.97. The van der Waals surface area contributed by atoms with Crippen LogP contribution in [0.4, 0.5) is 0 Å². The van der Waals surface area contributed by atoms with Crippen LogP contribution in [0, 0.1) is 5.92 Å². The Morgan fingerprint density at radius 2 is 1.53 bits per heavy atom. The fourth-order valence-electron chi connectivity index (χ4n) is 4.11. The van der Waals surface area contributed by atoms with E-state index in [1.54, 1.807) is 24.3 Å².